The Morgan fingerprint density at radius 2 is 1.88 bits per heavy atom. The first-order chi connectivity index (χ1) is 7.15. The van der Waals surface area contributed by atoms with E-state index in [1.54, 1.807) is 0 Å². The second-order valence-electron chi connectivity index (χ2n) is 5.23. The van der Waals surface area contributed by atoms with Crippen LogP contribution in [0.1, 0.15) is 53.9 Å². The molecule has 0 rings (SSSR count). The van der Waals surface area contributed by atoms with Crippen LogP contribution in [0.25, 0.3) is 0 Å². The summed E-state index contributed by atoms with van der Waals surface area (Å²) in [5.41, 5.74) is 1.01. The Morgan fingerprint density at radius 3 is 2.19 bits per heavy atom. The molecule has 94 valence electrons. The van der Waals surface area contributed by atoms with E-state index in [0.29, 0.717) is 12.8 Å². The van der Waals surface area contributed by atoms with Gasteiger partial charge in [-0.25, -0.2) is 0 Å². The molecular formula is C13H24O2S. The Hall–Kier alpha value is -0.280. The highest BCUT2D eigenvalue weighted by atomic mass is 32.1. The molecule has 0 aliphatic carbocycles. The Kier molecular flexibility index (Phi) is 5.77. The van der Waals surface area contributed by atoms with Crippen LogP contribution in [0.3, 0.4) is 0 Å². The fourth-order valence-corrected chi connectivity index (χ4v) is 1.87. The van der Waals surface area contributed by atoms with E-state index in [0.717, 1.165) is 12.0 Å². The first-order valence-corrected chi connectivity index (χ1v) is 6.23. The van der Waals surface area contributed by atoms with Gasteiger partial charge >= 0.3 is 0 Å². The minimum atomic E-state index is -1.52. The van der Waals surface area contributed by atoms with Gasteiger partial charge in [0.25, 0.3) is 0 Å². The van der Waals surface area contributed by atoms with Crippen LogP contribution in [0.15, 0.2) is 11.6 Å². The third kappa shape index (κ3) is 4.71. The zero-order chi connectivity index (χ0) is 13.0. The predicted octanol–water partition coefficient (Wildman–Crippen LogP) is 3.36. The van der Waals surface area contributed by atoms with Gasteiger partial charge < -0.3 is 5.11 Å². The number of hydrogen-bond acceptors (Lipinski definition) is 3. The number of aliphatic hydroxyl groups is 1. The minimum absolute atomic E-state index is 0.0437. The molecule has 2 nitrogen and oxygen atoms in total. The van der Waals surface area contributed by atoms with Crippen LogP contribution in [-0.4, -0.2) is 15.8 Å². The lowest BCUT2D eigenvalue weighted by Gasteiger charge is -2.29. The van der Waals surface area contributed by atoms with Crippen molar-refractivity contribution in [2.24, 2.45) is 5.41 Å². The van der Waals surface area contributed by atoms with Gasteiger partial charge in [-0.1, -0.05) is 39.3 Å². The third-order valence-corrected chi connectivity index (χ3v) is 3.08. The number of carbonyl (C=O) groups excluding carboxylic acids is 1. The second-order valence-corrected chi connectivity index (χ2v) is 5.97. The van der Waals surface area contributed by atoms with Crippen LogP contribution in [0, 0.1) is 5.41 Å². The summed E-state index contributed by atoms with van der Waals surface area (Å²) in [4.78, 5) is 10.2. The van der Waals surface area contributed by atoms with Crippen molar-refractivity contribution in [3.63, 3.8) is 0 Å². The van der Waals surface area contributed by atoms with E-state index in [2.05, 4.69) is 33.4 Å². The molecule has 1 N–H and O–H groups in total. The van der Waals surface area contributed by atoms with Gasteiger partial charge in [0.1, 0.15) is 0 Å². The molecule has 0 fully saturated rings. The van der Waals surface area contributed by atoms with E-state index in [1.165, 1.54) is 0 Å². The molecule has 0 aliphatic rings. The van der Waals surface area contributed by atoms with E-state index in [9.17, 15) is 9.90 Å². The van der Waals surface area contributed by atoms with Gasteiger partial charge in [-0.05, 0) is 18.8 Å². The van der Waals surface area contributed by atoms with E-state index in [4.69, 9.17) is 0 Å². The van der Waals surface area contributed by atoms with Gasteiger partial charge in [-0.2, -0.15) is 0 Å². The molecule has 0 radical (unpaired) electrons. The van der Waals surface area contributed by atoms with Crippen molar-refractivity contribution in [1.82, 2.24) is 0 Å². The number of ketones is 1. The van der Waals surface area contributed by atoms with Crippen molar-refractivity contribution in [2.75, 3.05) is 0 Å². The number of allylic oxidation sites excluding steroid dienone is 1. The zero-order valence-corrected chi connectivity index (χ0v) is 11.9. The fraction of sp³-hybridized carbons (Fsp3) is 0.769. The summed E-state index contributed by atoms with van der Waals surface area (Å²) in [6, 6.07) is 0. The van der Waals surface area contributed by atoms with E-state index < -0.39 is 4.93 Å². The van der Waals surface area contributed by atoms with Crippen molar-refractivity contribution < 1.29 is 9.90 Å². The first-order valence-electron chi connectivity index (χ1n) is 5.79. The highest BCUT2D eigenvalue weighted by molar-refractivity contribution is 7.82. The van der Waals surface area contributed by atoms with Crippen molar-refractivity contribution in [1.29, 1.82) is 0 Å². The van der Waals surface area contributed by atoms with E-state index >= 15 is 0 Å². The topological polar surface area (TPSA) is 37.3 Å². The number of thiol groups is 1. The van der Waals surface area contributed by atoms with Gasteiger partial charge in [-0.3, -0.25) is 4.79 Å². The van der Waals surface area contributed by atoms with Gasteiger partial charge in [-0.15, -0.1) is 12.6 Å². The fourth-order valence-electron chi connectivity index (χ4n) is 1.59. The van der Waals surface area contributed by atoms with E-state index in [1.807, 2.05) is 19.9 Å². The summed E-state index contributed by atoms with van der Waals surface area (Å²) in [6.45, 7) is 10.0. The molecule has 1 unspecified atom stereocenters. The lowest BCUT2D eigenvalue weighted by molar-refractivity contribution is -0.129. The average Bonchev–Trinajstić information content (AvgIpc) is 2.12. The summed E-state index contributed by atoms with van der Waals surface area (Å²) in [7, 11) is 0. The summed E-state index contributed by atoms with van der Waals surface area (Å²) < 4.78 is 0. The molecule has 0 bridgehead atoms. The number of Topliss-reactive ketones (excluding diaryl/α,β-unsaturated/α-hetero) is 1. The molecule has 0 aromatic heterocycles. The molecule has 3 heteroatoms. The maximum absolute atomic E-state index is 11.7. The Balaban J connectivity index is 4.76. The van der Waals surface area contributed by atoms with Crippen molar-refractivity contribution >= 4 is 18.4 Å². The largest absolute Gasteiger partial charge is 0.372 e. The Labute approximate surface area is 105 Å². The van der Waals surface area contributed by atoms with Crippen molar-refractivity contribution in [3.8, 4) is 0 Å². The predicted molar refractivity (Wildman–Crippen MR) is 71.7 cm³/mol. The molecule has 0 saturated carbocycles. The van der Waals surface area contributed by atoms with Crippen LogP contribution in [-0.2, 0) is 4.79 Å². The summed E-state index contributed by atoms with van der Waals surface area (Å²) >= 11 is 4.11. The van der Waals surface area contributed by atoms with Gasteiger partial charge in [0.15, 0.2) is 10.7 Å². The highest BCUT2D eigenvalue weighted by Crippen LogP contribution is 2.34. The molecule has 0 aromatic rings. The first kappa shape index (κ1) is 15.7. The molecule has 0 heterocycles. The third-order valence-electron chi connectivity index (χ3n) is 2.67. The molecule has 16 heavy (non-hydrogen) atoms. The highest BCUT2D eigenvalue weighted by Gasteiger charge is 2.33. The Bertz CT molecular complexity index is 272. The molecule has 1 atom stereocenters. The average molecular weight is 244 g/mol. The minimum Gasteiger partial charge on any atom is -0.372 e. The number of carbonyl (C=O) groups is 1. The van der Waals surface area contributed by atoms with Gasteiger partial charge in [0.05, 0.1) is 0 Å². The number of rotatable bonds is 5. The lowest BCUT2D eigenvalue weighted by atomic mass is 9.82. The molecule has 0 spiro atoms. The molecule has 0 amide bonds. The summed E-state index contributed by atoms with van der Waals surface area (Å²) in [6.07, 6.45) is 3.37. The number of hydrogen-bond donors (Lipinski definition) is 2. The van der Waals surface area contributed by atoms with Gasteiger partial charge in [0, 0.05) is 12.8 Å². The zero-order valence-electron chi connectivity index (χ0n) is 11.0. The quantitative estimate of drug-likeness (QED) is 0.442. The molecule has 0 aliphatic heterocycles. The standard InChI is InChI=1S/C13H24O2S/c1-6-8-11(14)13(15,16)9-10(7-2)12(3,4)5/h7,15-16H,6,8-9H2,1-5H3/b10-7+. The van der Waals surface area contributed by atoms with Crippen LogP contribution >= 0.6 is 12.6 Å². The van der Waals surface area contributed by atoms with Crippen molar-refractivity contribution in [2.45, 2.75) is 58.8 Å². The second kappa shape index (κ2) is 5.87. The van der Waals surface area contributed by atoms with Crippen LogP contribution < -0.4 is 0 Å². The maximum Gasteiger partial charge on any atom is 0.174 e. The normalized spacial score (nSPS) is 17.1. The summed E-state index contributed by atoms with van der Waals surface area (Å²) in [5, 5.41) is 10.1. The SMILES string of the molecule is C/C=C(\CC(O)(S)C(=O)CCC)C(C)(C)C. The lowest BCUT2D eigenvalue weighted by Crippen LogP contribution is -2.34. The maximum atomic E-state index is 11.7. The molecule has 0 aromatic carbocycles. The molecule has 0 saturated heterocycles. The van der Waals surface area contributed by atoms with Crippen LogP contribution in [0.2, 0.25) is 0 Å². The molecular weight excluding hydrogens is 220 g/mol. The summed E-state index contributed by atoms with van der Waals surface area (Å²) in [5.74, 6) is -0.193. The van der Waals surface area contributed by atoms with Crippen molar-refractivity contribution in [3.05, 3.63) is 11.6 Å². The van der Waals surface area contributed by atoms with Gasteiger partial charge in [0.2, 0.25) is 0 Å². The van der Waals surface area contributed by atoms with Crippen LogP contribution in [0.4, 0.5) is 0 Å². The smallest absolute Gasteiger partial charge is 0.174 e. The van der Waals surface area contributed by atoms with Crippen LogP contribution in [0.5, 0.6) is 0 Å². The van der Waals surface area contributed by atoms with E-state index in [-0.39, 0.29) is 11.2 Å². The Morgan fingerprint density at radius 1 is 1.38 bits per heavy atom. The monoisotopic (exact) mass is 244 g/mol.